The molecule has 1 aliphatic rings. The molecule has 2 nitrogen and oxygen atoms in total. The van der Waals surface area contributed by atoms with Gasteiger partial charge in [0.1, 0.15) is 5.82 Å². The van der Waals surface area contributed by atoms with E-state index in [1.54, 1.807) is 17.0 Å². The van der Waals surface area contributed by atoms with Crippen LogP contribution in [0.25, 0.3) is 0 Å². The molecule has 1 unspecified atom stereocenters. The van der Waals surface area contributed by atoms with Gasteiger partial charge < -0.3 is 4.90 Å². The van der Waals surface area contributed by atoms with Crippen molar-refractivity contribution in [2.45, 2.75) is 18.9 Å². The van der Waals surface area contributed by atoms with Crippen molar-refractivity contribution >= 4 is 11.6 Å². The fraction of sp³-hybridized carbons (Fsp3) is 0.188. The molecule has 0 saturated carbocycles. The fourth-order valence-electron chi connectivity index (χ4n) is 2.64. The number of hydrogen-bond acceptors (Lipinski definition) is 1. The maximum absolute atomic E-state index is 13.9. The molecule has 0 aromatic heterocycles. The van der Waals surface area contributed by atoms with Gasteiger partial charge in [0.15, 0.2) is 0 Å². The van der Waals surface area contributed by atoms with E-state index < -0.39 is 0 Å². The molecule has 1 amide bonds. The summed E-state index contributed by atoms with van der Waals surface area (Å²) < 4.78 is 13.9. The van der Waals surface area contributed by atoms with Crippen molar-refractivity contribution in [2.24, 2.45) is 0 Å². The number of carbonyl (C=O) groups is 1. The number of amides is 1. The Balaban J connectivity index is 2.02. The second-order valence-corrected chi connectivity index (χ2v) is 4.68. The minimum Gasteiger partial charge on any atom is -0.305 e. The Hall–Kier alpha value is -2.16. The van der Waals surface area contributed by atoms with E-state index in [1.165, 1.54) is 6.07 Å². The highest BCUT2D eigenvalue weighted by Crippen LogP contribution is 2.37. The summed E-state index contributed by atoms with van der Waals surface area (Å²) in [6.07, 6.45) is 1.13. The van der Waals surface area contributed by atoms with Gasteiger partial charge in [-0.3, -0.25) is 4.79 Å². The van der Waals surface area contributed by atoms with E-state index in [2.05, 4.69) is 0 Å². The largest absolute Gasteiger partial charge is 0.305 e. The van der Waals surface area contributed by atoms with Crippen LogP contribution in [-0.2, 0) is 4.79 Å². The zero-order valence-corrected chi connectivity index (χ0v) is 10.4. The molecule has 1 heterocycles. The van der Waals surface area contributed by atoms with Crippen molar-refractivity contribution in [3.8, 4) is 0 Å². The van der Waals surface area contributed by atoms with E-state index in [1.807, 2.05) is 36.4 Å². The number of para-hydroxylation sites is 1. The topological polar surface area (TPSA) is 20.3 Å². The highest BCUT2D eigenvalue weighted by Gasteiger charge is 2.34. The van der Waals surface area contributed by atoms with Gasteiger partial charge in [-0.15, -0.1) is 0 Å². The van der Waals surface area contributed by atoms with E-state index in [0.717, 1.165) is 5.69 Å². The standard InChI is InChI=1S/C16H14FNO/c17-14-9-5-4-8-13(14)15-10-11-16(19)18(15)12-6-2-1-3-7-12/h1-9,15H,10-11H2. The van der Waals surface area contributed by atoms with E-state index in [4.69, 9.17) is 0 Å². The Morgan fingerprint density at radius 2 is 1.68 bits per heavy atom. The second kappa shape index (κ2) is 4.84. The first-order chi connectivity index (χ1) is 9.27. The average Bonchev–Trinajstić information content (AvgIpc) is 2.82. The van der Waals surface area contributed by atoms with Gasteiger partial charge in [-0.2, -0.15) is 0 Å². The molecular formula is C16H14FNO. The van der Waals surface area contributed by atoms with Crippen LogP contribution >= 0.6 is 0 Å². The number of rotatable bonds is 2. The molecule has 3 rings (SSSR count). The number of anilines is 1. The third-order valence-corrected chi connectivity index (χ3v) is 3.51. The minimum atomic E-state index is -0.247. The lowest BCUT2D eigenvalue weighted by atomic mass is 10.0. The van der Waals surface area contributed by atoms with Gasteiger partial charge in [-0.1, -0.05) is 36.4 Å². The summed E-state index contributed by atoms with van der Waals surface area (Å²) in [6, 6.07) is 15.9. The van der Waals surface area contributed by atoms with Crippen molar-refractivity contribution in [3.63, 3.8) is 0 Å². The smallest absolute Gasteiger partial charge is 0.227 e. The lowest BCUT2D eigenvalue weighted by Gasteiger charge is -2.25. The highest BCUT2D eigenvalue weighted by molar-refractivity contribution is 5.96. The zero-order chi connectivity index (χ0) is 13.2. The first-order valence-corrected chi connectivity index (χ1v) is 6.39. The summed E-state index contributed by atoms with van der Waals surface area (Å²) in [5, 5.41) is 0. The number of nitrogens with zero attached hydrogens (tertiary/aromatic N) is 1. The van der Waals surface area contributed by atoms with Crippen LogP contribution in [0.1, 0.15) is 24.4 Å². The van der Waals surface area contributed by atoms with Crippen molar-refractivity contribution in [2.75, 3.05) is 4.90 Å². The van der Waals surface area contributed by atoms with Crippen LogP contribution in [0.4, 0.5) is 10.1 Å². The van der Waals surface area contributed by atoms with Gasteiger partial charge in [-0.25, -0.2) is 4.39 Å². The Bertz CT molecular complexity index is 597. The monoisotopic (exact) mass is 255 g/mol. The van der Waals surface area contributed by atoms with Crippen LogP contribution in [0.2, 0.25) is 0 Å². The molecule has 3 heteroatoms. The Labute approximate surface area is 111 Å². The lowest BCUT2D eigenvalue weighted by molar-refractivity contribution is -0.117. The lowest BCUT2D eigenvalue weighted by Crippen LogP contribution is -2.27. The summed E-state index contributed by atoms with van der Waals surface area (Å²) in [4.78, 5) is 13.8. The normalized spacial score (nSPS) is 18.9. The molecule has 0 spiro atoms. The Morgan fingerprint density at radius 1 is 1.00 bits per heavy atom. The van der Waals surface area contributed by atoms with Gasteiger partial charge >= 0.3 is 0 Å². The molecule has 2 aromatic carbocycles. The van der Waals surface area contributed by atoms with Crippen LogP contribution in [0, 0.1) is 5.82 Å². The molecular weight excluding hydrogens is 241 g/mol. The summed E-state index contributed by atoms with van der Waals surface area (Å²) in [5.41, 5.74) is 1.43. The summed E-state index contributed by atoms with van der Waals surface area (Å²) in [6.45, 7) is 0. The Morgan fingerprint density at radius 3 is 2.42 bits per heavy atom. The number of halogens is 1. The number of hydrogen-bond donors (Lipinski definition) is 0. The quantitative estimate of drug-likeness (QED) is 0.801. The van der Waals surface area contributed by atoms with E-state index in [-0.39, 0.29) is 17.8 Å². The summed E-state index contributed by atoms with van der Waals surface area (Å²) >= 11 is 0. The van der Waals surface area contributed by atoms with Crippen molar-refractivity contribution < 1.29 is 9.18 Å². The predicted molar refractivity (Wildman–Crippen MR) is 72.3 cm³/mol. The van der Waals surface area contributed by atoms with E-state index in [0.29, 0.717) is 18.4 Å². The molecule has 1 aliphatic heterocycles. The molecule has 0 aliphatic carbocycles. The first-order valence-electron chi connectivity index (χ1n) is 6.39. The molecule has 0 N–H and O–H groups in total. The van der Waals surface area contributed by atoms with Gasteiger partial charge in [0, 0.05) is 17.7 Å². The zero-order valence-electron chi connectivity index (χ0n) is 10.4. The molecule has 1 saturated heterocycles. The summed E-state index contributed by atoms with van der Waals surface area (Å²) in [7, 11) is 0. The third-order valence-electron chi connectivity index (χ3n) is 3.51. The van der Waals surface area contributed by atoms with Gasteiger partial charge in [0.05, 0.1) is 6.04 Å². The predicted octanol–water partition coefficient (Wildman–Crippen LogP) is 3.69. The summed E-state index contributed by atoms with van der Waals surface area (Å²) in [5.74, 6) is -0.192. The van der Waals surface area contributed by atoms with Crippen LogP contribution in [0.15, 0.2) is 54.6 Å². The van der Waals surface area contributed by atoms with Crippen molar-refractivity contribution in [3.05, 3.63) is 66.0 Å². The third kappa shape index (κ3) is 2.12. The van der Waals surface area contributed by atoms with Crippen molar-refractivity contribution in [1.29, 1.82) is 0 Å². The number of benzene rings is 2. The van der Waals surface area contributed by atoms with Crippen LogP contribution in [0.5, 0.6) is 0 Å². The van der Waals surface area contributed by atoms with E-state index >= 15 is 0 Å². The second-order valence-electron chi connectivity index (χ2n) is 4.68. The molecule has 2 aromatic rings. The fourth-order valence-corrected chi connectivity index (χ4v) is 2.64. The molecule has 1 atom stereocenters. The van der Waals surface area contributed by atoms with Crippen LogP contribution in [-0.4, -0.2) is 5.91 Å². The Kier molecular flexibility index (Phi) is 3.03. The SMILES string of the molecule is O=C1CCC(c2ccccc2F)N1c1ccccc1. The molecule has 0 radical (unpaired) electrons. The first kappa shape index (κ1) is 11.9. The average molecular weight is 255 g/mol. The number of carbonyl (C=O) groups excluding carboxylic acids is 1. The maximum atomic E-state index is 13.9. The molecule has 96 valence electrons. The van der Waals surface area contributed by atoms with Crippen LogP contribution in [0.3, 0.4) is 0 Å². The minimum absolute atomic E-state index is 0.0550. The highest BCUT2D eigenvalue weighted by atomic mass is 19.1. The van der Waals surface area contributed by atoms with E-state index in [9.17, 15) is 9.18 Å². The van der Waals surface area contributed by atoms with Gasteiger partial charge in [-0.05, 0) is 24.6 Å². The molecule has 1 fully saturated rings. The van der Waals surface area contributed by atoms with Crippen molar-refractivity contribution in [1.82, 2.24) is 0 Å². The van der Waals surface area contributed by atoms with Gasteiger partial charge in [0.25, 0.3) is 0 Å². The van der Waals surface area contributed by atoms with Gasteiger partial charge in [0.2, 0.25) is 5.91 Å². The van der Waals surface area contributed by atoms with Crippen LogP contribution < -0.4 is 4.90 Å². The molecule has 0 bridgehead atoms. The maximum Gasteiger partial charge on any atom is 0.227 e. The molecule has 19 heavy (non-hydrogen) atoms.